The maximum Gasteiger partial charge on any atom is 0.322 e. The van der Waals surface area contributed by atoms with Crippen LogP contribution in [-0.4, -0.2) is 43.4 Å². The number of sulfonamides is 1. The number of benzene rings is 2. The van der Waals surface area contributed by atoms with Crippen LogP contribution in [0.3, 0.4) is 0 Å². The minimum atomic E-state index is -3.62. The number of anilines is 1. The zero-order valence-corrected chi connectivity index (χ0v) is 17.4. The second kappa shape index (κ2) is 9.27. The first kappa shape index (κ1) is 21.8. The van der Waals surface area contributed by atoms with Gasteiger partial charge in [0.25, 0.3) is 0 Å². The van der Waals surface area contributed by atoms with E-state index < -0.39 is 22.0 Å². The number of aliphatic carboxylic acids is 1. The van der Waals surface area contributed by atoms with Crippen molar-refractivity contribution < 1.29 is 23.1 Å². The van der Waals surface area contributed by atoms with Gasteiger partial charge < -0.3 is 15.7 Å². The molecule has 0 aliphatic heterocycles. The fourth-order valence-corrected chi connectivity index (χ4v) is 3.69. The second-order valence-electron chi connectivity index (χ2n) is 7.27. The molecule has 1 aliphatic rings. The fourth-order valence-electron chi connectivity index (χ4n) is 2.91. The third kappa shape index (κ3) is 6.30. The maximum atomic E-state index is 11.9. The molecule has 2 aromatic carbocycles. The zero-order valence-electron chi connectivity index (χ0n) is 16.6. The summed E-state index contributed by atoms with van der Waals surface area (Å²) in [5.41, 5.74) is 3.16. The molecule has 1 atom stereocenters. The van der Waals surface area contributed by atoms with Crippen molar-refractivity contribution in [3.8, 4) is 11.1 Å². The molecule has 0 radical (unpaired) electrons. The molecule has 4 N–H and O–H groups in total. The Morgan fingerprint density at radius 1 is 1.10 bits per heavy atom. The molecule has 160 valence electrons. The van der Waals surface area contributed by atoms with Gasteiger partial charge in [0.15, 0.2) is 0 Å². The Morgan fingerprint density at radius 3 is 2.40 bits per heavy atom. The van der Waals surface area contributed by atoms with Crippen molar-refractivity contribution in [1.82, 2.24) is 10.0 Å². The van der Waals surface area contributed by atoms with Crippen LogP contribution in [0, 0.1) is 0 Å². The summed E-state index contributed by atoms with van der Waals surface area (Å²) in [5.74, 6) is -1.40. The number of carbonyl (C=O) groups excluding carboxylic acids is 1. The Balaban J connectivity index is 1.68. The number of nitrogens with one attached hydrogen (secondary N) is 3. The van der Waals surface area contributed by atoms with E-state index >= 15 is 0 Å². The predicted octanol–water partition coefficient (Wildman–Crippen LogP) is 2.57. The van der Waals surface area contributed by atoms with Gasteiger partial charge in [0.05, 0.1) is 5.75 Å². The van der Waals surface area contributed by atoms with Crippen LogP contribution in [0.25, 0.3) is 11.1 Å². The summed E-state index contributed by atoms with van der Waals surface area (Å²) in [7, 11) is -3.62. The molecule has 0 bridgehead atoms. The minimum Gasteiger partial charge on any atom is -0.480 e. The Hall–Kier alpha value is -2.91. The topological polar surface area (TPSA) is 125 Å². The van der Waals surface area contributed by atoms with Crippen LogP contribution in [-0.2, 0) is 21.2 Å². The normalized spacial score (nSPS) is 14.7. The highest BCUT2D eigenvalue weighted by Crippen LogP contribution is 2.24. The molecule has 2 aromatic rings. The first-order valence-electron chi connectivity index (χ1n) is 9.75. The first-order valence-corrected chi connectivity index (χ1v) is 11.4. The molecule has 30 heavy (non-hydrogen) atoms. The lowest BCUT2D eigenvalue weighted by atomic mass is 10.0. The summed E-state index contributed by atoms with van der Waals surface area (Å²) in [6.45, 7) is 1.45. The third-order valence-corrected chi connectivity index (χ3v) is 6.16. The molecule has 0 aromatic heterocycles. The van der Waals surface area contributed by atoms with Gasteiger partial charge in [-0.15, -0.1) is 0 Å². The molecule has 0 heterocycles. The van der Waals surface area contributed by atoms with Gasteiger partial charge in [0.1, 0.15) is 6.04 Å². The average molecular weight is 432 g/mol. The van der Waals surface area contributed by atoms with Crippen molar-refractivity contribution in [2.75, 3.05) is 11.1 Å². The van der Waals surface area contributed by atoms with Crippen LogP contribution >= 0.6 is 0 Å². The zero-order chi connectivity index (χ0) is 21.7. The molecule has 9 heteroatoms. The van der Waals surface area contributed by atoms with Gasteiger partial charge in [-0.3, -0.25) is 4.79 Å². The van der Waals surface area contributed by atoms with Gasteiger partial charge in [-0.05, 0) is 55.0 Å². The molecule has 0 spiro atoms. The molecule has 0 saturated heterocycles. The van der Waals surface area contributed by atoms with Gasteiger partial charge in [-0.2, -0.15) is 0 Å². The van der Waals surface area contributed by atoms with E-state index in [1.165, 1.54) is 6.92 Å². The summed E-state index contributed by atoms with van der Waals surface area (Å²) < 4.78 is 25.6. The maximum absolute atomic E-state index is 11.9. The number of hydrogen-bond donors (Lipinski definition) is 4. The molecule has 1 fully saturated rings. The lowest BCUT2D eigenvalue weighted by Crippen LogP contribution is -2.42. The number of hydrogen-bond acceptors (Lipinski definition) is 4. The highest BCUT2D eigenvalue weighted by Gasteiger charge is 2.24. The highest BCUT2D eigenvalue weighted by molar-refractivity contribution is 7.89. The van der Waals surface area contributed by atoms with Crippen LogP contribution < -0.4 is 15.4 Å². The summed E-state index contributed by atoms with van der Waals surface area (Å²) in [5, 5.41) is 15.0. The van der Waals surface area contributed by atoms with Gasteiger partial charge in [-0.1, -0.05) is 36.4 Å². The van der Waals surface area contributed by atoms with Crippen molar-refractivity contribution in [3.63, 3.8) is 0 Å². The standard InChI is InChI=1S/C21H25N3O5S/c1-2-30(28,29)24-19(20(25)26)12-14-6-8-15(9-7-14)16-4-3-5-18(13-16)23-21(27)22-17-10-11-17/h3-9,13,17,19,24H,2,10-12H2,1H3,(H,25,26)(H2,22,23,27). The van der Waals surface area contributed by atoms with Gasteiger partial charge in [0, 0.05) is 11.7 Å². The smallest absolute Gasteiger partial charge is 0.322 e. The van der Waals surface area contributed by atoms with Gasteiger partial charge in [-0.25, -0.2) is 17.9 Å². The van der Waals surface area contributed by atoms with Crippen LogP contribution in [0.5, 0.6) is 0 Å². The second-order valence-corrected chi connectivity index (χ2v) is 9.31. The van der Waals surface area contributed by atoms with E-state index in [9.17, 15) is 23.1 Å². The SMILES string of the molecule is CCS(=O)(=O)NC(Cc1ccc(-c2cccc(NC(=O)NC3CC3)c2)cc1)C(=O)O. The van der Waals surface area contributed by atoms with Crippen LogP contribution in [0.2, 0.25) is 0 Å². The van der Waals surface area contributed by atoms with E-state index in [0.29, 0.717) is 11.3 Å². The summed E-state index contributed by atoms with van der Waals surface area (Å²) in [4.78, 5) is 23.3. The van der Waals surface area contributed by atoms with E-state index in [1.54, 1.807) is 12.1 Å². The quantitative estimate of drug-likeness (QED) is 0.486. The highest BCUT2D eigenvalue weighted by atomic mass is 32.2. The van der Waals surface area contributed by atoms with E-state index in [0.717, 1.165) is 24.0 Å². The van der Waals surface area contributed by atoms with Crippen molar-refractivity contribution >= 4 is 27.7 Å². The number of carboxylic acids is 1. The molecule has 1 aliphatic carbocycles. The molecule has 8 nitrogen and oxygen atoms in total. The predicted molar refractivity (Wildman–Crippen MR) is 115 cm³/mol. The Morgan fingerprint density at radius 2 is 1.80 bits per heavy atom. The number of carboxylic acid groups (broad SMARTS) is 1. The van der Waals surface area contributed by atoms with Crippen LogP contribution in [0.1, 0.15) is 25.3 Å². The van der Waals surface area contributed by atoms with Crippen molar-refractivity contribution in [1.29, 1.82) is 0 Å². The fraction of sp³-hybridized carbons (Fsp3) is 0.333. The lowest BCUT2D eigenvalue weighted by molar-refractivity contribution is -0.138. The molecule has 3 rings (SSSR count). The average Bonchev–Trinajstić information content (AvgIpc) is 3.52. The van der Waals surface area contributed by atoms with E-state index in [1.807, 2.05) is 36.4 Å². The summed E-state index contributed by atoms with van der Waals surface area (Å²) in [6, 6.07) is 13.5. The lowest BCUT2D eigenvalue weighted by Gasteiger charge is -2.14. The summed E-state index contributed by atoms with van der Waals surface area (Å²) >= 11 is 0. The van der Waals surface area contributed by atoms with E-state index in [-0.39, 0.29) is 24.2 Å². The minimum absolute atomic E-state index is 0.0395. The van der Waals surface area contributed by atoms with E-state index in [2.05, 4.69) is 15.4 Å². The van der Waals surface area contributed by atoms with Crippen molar-refractivity contribution in [2.24, 2.45) is 0 Å². The first-order chi connectivity index (χ1) is 14.3. The van der Waals surface area contributed by atoms with Crippen LogP contribution in [0.15, 0.2) is 48.5 Å². The number of carbonyl (C=O) groups is 2. The third-order valence-electron chi connectivity index (χ3n) is 4.76. The van der Waals surface area contributed by atoms with Crippen molar-refractivity contribution in [2.45, 2.75) is 38.3 Å². The number of rotatable bonds is 9. The molecular weight excluding hydrogens is 406 g/mol. The summed E-state index contributed by atoms with van der Waals surface area (Å²) in [6.07, 6.45) is 2.07. The molecular formula is C21H25N3O5S. The molecule has 1 unspecified atom stereocenters. The van der Waals surface area contributed by atoms with Crippen LogP contribution in [0.4, 0.5) is 10.5 Å². The van der Waals surface area contributed by atoms with Gasteiger partial charge in [0.2, 0.25) is 10.0 Å². The Bertz CT molecular complexity index is 1020. The largest absolute Gasteiger partial charge is 0.480 e. The Labute approximate surface area is 175 Å². The molecule has 1 saturated carbocycles. The van der Waals surface area contributed by atoms with Gasteiger partial charge >= 0.3 is 12.0 Å². The Kier molecular flexibility index (Phi) is 6.73. The van der Waals surface area contributed by atoms with E-state index in [4.69, 9.17) is 0 Å². The monoisotopic (exact) mass is 431 g/mol. The molecule has 2 amide bonds. The van der Waals surface area contributed by atoms with Crippen molar-refractivity contribution in [3.05, 3.63) is 54.1 Å². The number of amides is 2. The number of urea groups is 1.